The Labute approximate surface area is 160 Å². The predicted octanol–water partition coefficient (Wildman–Crippen LogP) is 3.04. The van der Waals surface area contributed by atoms with Gasteiger partial charge >= 0.3 is 0 Å². The van der Waals surface area contributed by atoms with Crippen molar-refractivity contribution in [1.82, 2.24) is 14.6 Å². The van der Waals surface area contributed by atoms with Crippen LogP contribution in [0.5, 0.6) is 0 Å². The lowest BCUT2D eigenvalue weighted by atomic mass is 10.1. The molecule has 28 heavy (non-hydrogen) atoms. The molecular weight excluding hydrogens is 378 g/mol. The molecule has 0 spiro atoms. The lowest BCUT2D eigenvalue weighted by Crippen LogP contribution is -2.11. The molecule has 0 saturated carbocycles. The number of azo groups is 1. The summed E-state index contributed by atoms with van der Waals surface area (Å²) < 4.78 is 24.2. The van der Waals surface area contributed by atoms with Crippen molar-refractivity contribution in [3.63, 3.8) is 0 Å². The summed E-state index contributed by atoms with van der Waals surface area (Å²) in [5.41, 5.74) is 9.02. The van der Waals surface area contributed by atoms with E-state index in [2.05, 4.69) is 20.3 Å². The van der Waals surface area contributed by atoms with Gasteiger partial charge in [0.1, 0.15) is 0 Å². The molecule has 0 aliphatic heterocycles. The number of hydrogen-bond acceptors (Lipinski definition) is 7. The van der Waals surface area contributed by atoms with Gasteiger partial charge in [-0.1, -0.05) is 30.3 Å². The van der Waals surface area contributed by atoms with Gasteiger partial charge in [-0.3, -0.25) is 0 Å². The fraction of sp³-hybridized carbons (Fsp3) is 0. The molecule has 4 N–H and O–H groups in total. The summed E-state index contributed by atoms with van der Waals surface area (Å²) in [7, 11) is -3.76. The Hall–Kier alpha value is -3.63. The second kappa shape index (κ2) is 6.83. The van der Waals surface area contributed by atoms with Gasteiger partial charge in [0, 0.05) is 11.8 Å². The number of anilines is 1. The van der Waals surface area contributed by atoms with Crippen molar-refractivity contribution in [2.24, 2.45) is 15.4 Å². The van der Waals surface area contributed by atoms with Gasteiger partial charge in [0.2, 0.25) is 10.0 Å². The maximum Gasteiger partial charge on any atom is 0.238 e. The SMILES string of the molecule is Nc1nn2c(-c3ccccc3)ccnc2c1N=Nc1ccc(S(N)(=O)=O)cc1. The Kier molecular flexibility index (Phi) is 4.34. The molecule has 2 aromatic heterocycles. The Morgan fingerprint density at radius 3 is 2.32 bits per heavy atom. The van der Waals surface area contributed by atoms with Crippen LogP contribution in [0, 0.1) is 0 Å². The summed E-state index contributed by atoms with van der Waals surface area (Å²) in [5.74, 6) is 0.181. The Morgan fingerprint density at radius 1 is 0.929 bits per heavy atom. The standard InChI is InChI=1S/C18H15N7O2S/c19-17-16(23-22-13-6-8-14(9-7-13)28(20,26)27)18-21-11-10-15(25(18)24-17)12-4-2-1-3-5-12/h1-11H,(H2,19,24)(H2,20,26,27). The summed E-state index contributed by atoms with van der Waals surface area (Å²) >= 11 is 0. The van der Waals surface area contributed by atoms with Gasteiger partial charge in [0.15, 0.2) is 17.2 Å². The van der Waals surface area contributed by atoms with E-state index in [0.717, 1.165) is 11.3 Å². The van der Waals surface area contributed by atoms with E-state index in [-0.39, 0.29) is 10.7 Å². The van der Waals surface area contributed by atoms with Crippen LogP contribution in [0.2, 0.25) is 0 Å². The number of primary sulfonamides is 1. The average molecular weight is 393 g/mol. The van der Waals surface area contributed by atoms with E-state index in [1.54, 1.807) is 10.7 Å². The van der Waals surface area contributed by atoms with Gasteiger partial charge in [0.25, 0.3) is 0 Å². The van der Waals surface area contributed by atoms with Crippen LogP contribution in [-0.4, -0.2) is 23.0 Å². The molecule has 0 fully saturated rings. The Morgan fingerprint density at radius 2 is 1.64 bits per heavy atom. The fourth-order valence-corrected chi connectivity index (χ4v) is 3.20. The largest absolute Gasteiger partial charge is 0.380 e. The van der Waals surface area contributed by atoms with Crippen LogP contribution in [0.25, 0.3) is 16.9 Å². The van der Waals surface area contributed by atoms with Crippen molar-refractivity contribution in [2.75, 3.05) is 5.73 Å². The Balaban J connectivity index is 1.74. The molecule has 0 saturated heterocycles. The molecule has 140 valence electrons. The number of benzene rings is 2. The maximum absolute atomic E-state index is 11.3. The highest BCUT2D eigenvalue weighted by atomic mass is 32.2. The van der Waals surface area contributed by atoms with E-state index in [1.165, 1.54) is 24.3 Å². The zero-order valence-corrected chi connectivity index (χ0v) is 15.3. The number of nitrogen functional groups attached to an aromatic ring is 1. The van der Waals surface area contributed by atoms with Crippen molar-refractivity contribution in [2.45, 2.75) is 4.90 Å². The molecule has 4 aromatic rings. The predicted molar refractivity (Wildman–Crippen MR) is 105 cm³/mol. The van der Waals surface area contributed by atoms with Crippen LogP contribution in [0.3, 0.4) is 0 Å². The molecule has 2 aromatic carbocycles. The molecular formula is C18H15N7O2S. The minimum atomic E-state index is -3.76. The van der Waals surface area contributed by atoms with Crippen molar-refractivity contribution in [3.8, 4) is 11.3 Å². The summed E-state index contributed by atoms with van der Waals surface area (Å²) in [6.07, 6.45) is 1.65. The van der Waals surface area contributed by atoms with Crippen molar-refractivity contribution in [1.29, 1.82) is 0 Å². The first-order chi connectivity index (χ1) is 13.4. The highest BCUT2D eigenvalue weighted by Gasteiger charge is 2.14. The summed E-state index contributed by atoms with van der Waals surface area (Å²) in [4.78, 5) is 4.31. The van der Waals surface area contributed by atoms with Crippen molar-refractivity contribution < 1.29 is 8.42 Å². The molecule has 4 rings (SSSR count). The minimum Gasteiger partial charge on any atom is -0.380 e. The molecule has 0 aliphatic carbocycles. The quantitative estimate of drug-likeness (QED) is 0.513. The van der Waals surface area contributed by atoms with Crippen LogP contribution in [-0.2, 0) is 10.0 Å². The normalized spacial score (nSPS) is 12.0. The first kappa shape index (κ1) is 17.8. The number of nitrogens with zero attached hydrogens (tertiary/aromatic N) is 5. The summed E-state index contributed by atoms with van der Waals surface area (Å²) in [5, 5.41) is 17.7. The highest BCUT2D eigenvalue weighted by Crippen LogP contribution is 2.31. The fourth-order valence-electron chi connectivity index (χ4n) is 2.68. The van der Waals surface area contributed by atoms with Crippen LogP contribution in [0.15, 0.2) is 82.0 Å². The van der Waals surface area contributed by atoms with Crippen LogP contribution < -0.4 is 10.9 Å². The van der Waals surface area contributed by atoms with Gasteiger partial charge < -0.3 is 5.73 Å². The van der Waals surface area contributed by atoms with Gasteiger partial charge in [-0.2, -0.15) is 5.11 Å². The molecule has 0 unspecified atom stereocenters. The smallest absolute Gasteiger partial charge is 0.238 e. The molecule has 0 atom stereocenters. The molecule has 0 bridgehead atoms. The monoisotopic (exact) mass is 393 g/mol. The molecule has 10 heteroatoms. The maximum atomic E-state index is 11.3. The van der Waals surface area contributed by atoms with Crippen LogP contribution in [0.1, 0.15) is 0 Å². The lowest BCUT2D eigenvalue weighted by molar-refractivity contribution is 0.598. The Bertz CT molecular complexity index is 1280. The third-order valence-electron chi connectivity index (χ3n) is 4.02. The first-order valence-corrected chi connectivity index (χ1v) is 9.71. The van der Waals surface area contributed by atoms with Gasteiger partial charge in [-0.25, -0.2) is 23.1 Å². The van der Waals surface area contributed by atoms with Gasteiger partial charge in [-0.05, 0) is 30.3 Å². The second-order valence-corrected chi connectivity index (χ2v) is 7.47. The molecule has 9 nitrogen and oxygen atoms in total. The van der Waals surface area contributed by atoms with Crippen molar-refractivity contribution in [3.05, 3.63) is 66.9 Å². The summed E-state index contributed by atoms with van der Waals surface area (Å²) in [6, 6.07) is 17.2. The van der Waals surface area contributed by atoms with E-state index < -0.39 is 10.0 Å². The lowest BCUT2D eigenvalue weighted by Gasteiger charge is -2.03. The third-order valence-corrected chi connectivity index (χ3v) is 4.95. The molecule has 2 heterocycles. The number of hydrogen-bond donors (Lipinski definition) is 2. The summed E-state index contributed by atoms with van der Waals surface area (Å²) in [6.45, 7) is 0. The van der Waals surface area contributed by atoms with Crippen LogP contribution >= 0.6 is 0 Å². The van der Waals surface area contributed by atoms with Gasteiger partial charge in [-0.15, -0.1) is 10.2 Å². The number of aromatic nitrogens is 3. The zero-order valence-electron chi connectivity index (χ0n) is 14.5. The minimum absolute atomic E-state index is 0.00360. The molecule has 0 amide bonds. The van der Waals surface area contributed by atoms with Gasteiger partial charge in [0.05, 0.1) is 16.3 Å². The number of rotatable bonds is 4. The van der Waals surface area contributed by atoms with Crippen molar-refractivity contribution >= 4 is 32.9 Å². The second-order valence-electron chi connectivity index (χ2n) is 5.90. The highest BCUT2D eigenvalue weighted by molar-refractivity contribution is 7.89. The zero-order chi connectivity index (χ0) is 19.7. The van der Waals surface area contributed by atoms with E-state index >= 15 is 0 Å². The van der Waals surface area contributed by atoms with Crippen LogP contribution in [0.4, 0.5) is 17.2 Å². The first-order valence-electron chi connectivity index (χ1n) is 8.17. The van der Waals surface area contributed by atoms with E-state index in [1.807, 2.05) is 36.4 Å². The number of sulfonamides is 1. The number of nitrogens with two attached hydrogens (primary N) is 2. The molecule has 0 aliphatic rings. The van der Waals surface area contributed by atoms with E-state index in [4.69, 9.17) is 10.9 Å². The topological polar surface area (TPSA) is 141 Å². The van der Waals surface area contributed by atoms with E-state index in [9.17, 15) is 8.42 Å². The number of fused-ring (bicyclic) bond motifs is 1. The average Bonchev–Trinajstić information content (AvgIpc) is 3.02. The molecule has 0 radical (unpaired) electrons. The third kappa shape index (κ3) is 3.33. The van der Waals surface area contributed by atoms with E-state index in [0.29, 0.717) is 17.0 Å².